The zero-order valence-electron chi connectivity index (χ0n) is 12.4. The van der Waals surface area contributed by atoms with Crippen LogP contribution in [0.5, 0.6) is 0 Å². The molecule has 0 N–H and O–H groups in total. The molecule has 0 spiro atoms. The number of anilines is 1. The normalized spacial score (nSPS) is 15.8. The van der Waals surface area contributed by atoms with Crippen LogP contribution < -0.4 is 4.90 Å². The second-order valence-corrected chi connectivity index (χ2v) is 6.04. The highest BCUT2D eigenvalue weighted by Gasteiger charge is 2.23. The average molecular weight is 317 g/mol. The molecular formula is C15H17ClN6. The van der Waals surface area contributed by atoms with Crippen LogP contribution in [0.4, 0.5) is 5.82 Å². The minimum atomic E-state index is 0.492. The molecule has 7 heteroatoms. The Hall–Kier alpha value is -2.13. The summed E-state index contributed by atoms with van der Waals surface area (Å²) < 4.78 is 1.98. The lowest BCUT2D eigenvalue weighted by atomic mass is 9.93. The van der Waals surface area contributed by atoms with Gasteiger partial charge in [-0.3, -0.25) is 0 Å². The summed E-state index contributed by atoms with van der Waals surface area (Å²) in [4.78, 5) is 6.52. The number of nitrogens with zero attached hydrogens (tertiary/aromatic N) is 6. The molecule has 0 saturated carbocycles. The van der Waals surface area contributed by atoms with Crippen molar-refractivity contribution in [1.82, 2.24) is 19.7 Å². The first-order valence-electron chi connectivity index (χ1n) is 7.31. The Morgan fingerprint density at radius 2 is 2.18 bits per heavy atom. The van der Waals surface area contributed by atoms with Gasteiger partial charge in [-0.05, 0) is 24.8 Å². The number of hydrogen-bond donors (Lipinski definition) is 0. The van der Waals surface area contributed by atoms with Crippen LogP contribution in [0.1, 0.15) is 24.2 Å². The molecule has 2 aromatic rings. The lowest BCUT2D eigenvalue weighted by Crippen LogP contribution is -2.35. The number of rotatable bonds is 3. The molecular weight excluding hydrogens is 300 g/mol. The van der Waals surface area contributed by atoms with Crippen molar-refractivity contribution in [1.29, 1.82) is 5.26 Å². The van der Waals surface area contributed by atoms with E-state index in [1.54, 1.807) is 18.6 Å². The van der Waals surface area contributed by atoms with Crippen LogP contribution >= 0.6 is 11.6 Å². The largest absolute Gasteiger partial charge is 0.355 e. The highest BCUT2D eigenvalue weighted by molar-refractivity contribution is 6.33. The lowest BCUT2D eigenvalue weighted by Gasteiger charge is -2.33. The second-order valence-electron chi connectivity index (χ2n) is 5.63. The van der Waals surface area contributed by atoms with Gasteiger partial charge in [0, 0.05) is 32.8 Å². The summed E-state index contributed by atoms with van der Waals surface area (Å²) in [5, 5.41) is 17.5. The van der Waals surface area contributed by atoms with Crippen molar-refractivity contribution in [3.8, 4) is 6.07 Å². The number of aromatic nitrogens is 4. The fourth-order valence-electron chi connectivity index (χ4n) is 2.82. The summed E-state index contributed by atoms with van der Waals surface area (Å²) in [7, 11) is 1.98. The number of halogens is 1. The van der Waals surface area contributed by atoms with E-state index in [4.69, 9.17) is 16.9 Å². The third kappa shape index (κ3) is 3.04. The van der Waals surface area contributed by atoms with E-state index in [0.29, 0.717) is 16.5 Å². The minimum absolute atomic E-state index is 0.492. The highest BCUT2D eigenvalue weighted by atomic mass is 35.5. The zero-order chi connectivity index (χ0) is 15.5. The molecule has 2 aromatic heterocycles. The Morgan fingerprint density at radius 3 is 2.77 bits per heavy atom. The van der Waals surface area contributed by atoms with E-state index in [9.17, 15) is 0 Å². The number of aryl methyl sites for hydroxylation is 1. The van der Waals surface area contributed by atoms with Gasteiger partial charge in [0.1, 0.15) is 24.0 Å². The van der Waals surface area contributed by atoms with Gasteiger partial charge in [-0.25, -0.2) is 4.98 Å². The van der Waals surface area contributed by atoms with E-state index in [0.717, 1.165) is 44.0 Å². The Balaban J connectivity index is 1.62. The maximum absolute atomic E-state index is 8.87. The molecule has 1 saturated heterocycles. The summed E-state index contributed by atoms with van der Waals surface area (Å²) in [5.74, 6) is 2.42. The number of hydrogen-bond acceptors (Lipinski definition) is 5. The maximum atomic E-state index is 8.87. The molecule has 0 atom stereocenters. The fourth-order valence-corrected chi connectivity index (χ4v) is 3.11. The minimum Gasteiger partial charge on any atom is -0.355 e. The fraction of sp³-hybridized carbons (Fsp3) is 0.467. The molecule has 3 rings (SSSR count). The van der Waals surface area contributed by atoms with Gasteiger partial charge in [0.05, 0.1) is 10.6 Å². The Morgan fingerprint density at radius 1 is 1.41 bits per heavy atom. The SMILES string of the molecule is Cn1cnnc1CC1CCN(c2ncc(C#N)cc2Cl)CC1. The van der Waals surface area contributed by atoms with Gasteiger partial charge in [-0.15, -0.1) is 10.2 Å². The first-order valence-corrected chi connectivity index (χ1v) is 7.68. The standard InChI is InChI=1S/C15H17ClN6/c1-21-10-19-20-14(21)7-11-2-4-22(5-3-11)15-13(16)6-12(8-17)9-18-15/h6,9-11H,2-5,7H2,1H3. The van der Waals surface area contributed by atoms with Crippen LogP contribution in [0.3, 0.4) is 0 Å². The van der Waals surface area contributed by atoms with Gasteiger partial charge < -0.3 is 9.47 Å². The molecule has 6 nitrogen and oxygen atoms in total. The van der Waals surface area contributed by atoms with Gasteiger partial charge >= 0.3 is 0 Å². The molecule has 0 bridgehead atoms. The Labute approximate surface area is 134 Å². The van der Waals surface area contributed by atoms with E-state index >= 15 is 0 Å². The molecule has 114 valence electrons. The van der Waals surface area contributed by atoms with Crippen molar-refractivity contribution in [3.05, 3.63) is 35.0 Å². The predicted octanol–water partition coefficient (Wildman–Crippen LogP) is 2.19. The maximum Gasteiger partial charge on any atom is 0.147 e. The third-order valence-corrected chi connectivity index (χ3v) is 4.42. The molecule has 0 unspecified atom stereocenters. The molecule has 0 aromatic carbocycles. The summed E-state index contributed by atoms with van der Waals surface area (Å²) in [6.07, 6.45) is 6.42. The van der Waals surface area contributed by atoms with E-state index in [2.05, 4.69) is 26.2 Å². The molecule has 1 aliphatic rings. The van der Waals surface area contributed by atoms with E-state index < -0.39 is 0 Å². The molecule has 0 radical (unpaired) electrons. The molecule has 3 heterocycles. The monoisotopic (exact) mass is 316 g/mol. The first-order chi connectivity index (χ1) is 10.7. The van der Waals surface area contributed by atoms with Crippen LogP contribution in [-0.4, -0.2) is 32.8 Å². The zero-order valence-corrected chi connectivity index (χ0v) is 13.2. The number of nitriles is 1. The predicted molar refractivity (Wildman–Crippen MR) is 83.6 cm³/mol. The van der Waals surface area contributed by atoms with Crippen molar-refractivity contribution >= 4 is 17.4 Å². The van der Waals surface area contributed by atoms with Crippen LogP contribution in [0.2, 0.25) is 5.02 Å². The highest BCUT2D eigenvalue weighted by Crippen LogP contribution is 2.29. The quantitative estimate of drug-likeness (QED) is 0.868. The van der Waals surface area contributed by atoms with Gasteiger partial charge in [0.25, 0.3) is 0 Å². The molecule has 0 amide bonds. The van der Waals surface area contributed by atoms with Gasteiger partial charge in [0.2, 0.25) is 0 Å². The number of piperidine rings is 1. The van der Waals surface area contributed by atoms with Gasteiger partial charge in [0.15, 0.2) is 0 Å². The smallest absolute Gasteiger partial charge is 0.147 e. The lowest BCUT2D eigenvalue weighted by molar-refractivity contribution is 0.392. The topological polar surface area (TPSA) is 70.6 Å². The summed E-state index contributed by atoms with van der Waals surface area (Å²) in [6, 6.07) is 3.73. The molecule has 22 heavy (non-hydrogen) atoms. The van der Waals surface area contributed by atoms with Crippen LogP contribution in [0.25, 0.3) is 0 Å². The summed E-state index contributed by atoms with van der Waals surface area (Å²) in [6.45, 7) is 1.84. The third-order valence-electron chi connectivity index (χ3n) is 4.14. The van der Waals surface area contributed by atoms with E-state index in [1.165, 1.54) is 0 Å². The van der Waals surface area contributed by atoms with Crippen LogP contribution in [0, 0.1) is 17.2 Å². The number of pyridine rings is 1. The van der Waals surface area contributed by atoms with Crippen molar-refractivity contribution < 1.29 is 0 Å². The Bertz CT molecular complexity index is 696. The van der Waals surface area contributed by atoms with Crippen molar-refractivity contribution in [2.45, 2.75) is 19.3 Å². The van der Waals surface area contributed by atoms with Crippen molar-refractivity contribution in [3.63, 3.8) is 0 Å². The van der Waals surface area contributed by atoms with Crippen LogP contribution in [-0.2, 0) is 13.5 Å². The second kappa shape index (κ2) is 6.32. The van der Waals surface area contributed by atoms with Crippen LogP contribution in [0.15, 0.2) is 18.6 Å². The molecule has 1 aliphatic heterocycles. The summed E-state index contributed by atoms with van der Waals surface area (Å²) >= 11 is 6.24. The average Bonchev–Trinajstić information content (AvgIpc) is 2.93. The first kappa shape index (κ1) is 14.8. The van der Waals surface area contributed by atoms with Crippen molar-refractivity contribution in [2.24, 2.45) is 13.0 Å². The summed E-state index contributed by atoms with van der Waals surface area (Å²) in [5.41, 5.74) is 0.492. The molecule has 1 fully saturated rings. The van der Waals surface area contributed by atoms with Gasteiger partial charge in [-0.2, -0.15) is 5.26 Å². The van der Waals surface area contributed by atoms with Gasteiger partial charge in [-0.1, -0.05) is 11.6 Å². The molecule has 0 aliphatic carbocycles. The Kier molecular flexibility index (Phi) is 4.25. The van der Waals surface area contributed by atoms with E-state index in [1.807, 2.05) is 11.6 Å². The van der Waals surface area contributed by atoms with Crippen molar-refractivity contribution in [2.75, 3.05) is 18.0 Å². The van der Waals surface area contributed by atoms with E-state index in [-0.39, 0.29) is 0 Å².